The van der Waals surface area contributed by atoms with Gasteiger partial charge in [0.15, 0.2) is 0 Å². The summed E-state index contributed by atoms with van der Waals surface area (Å²) >= 11 is 0. The van der Waals surface area contributed by atoms with E-state index in [1.807, 2.05) is 12.1 Å². The minimum Gasteiger partial charge on any atom is -0.300 e. The van der Waals surface area contributed by atoms with Crippen LogP contribution in [0.3, 0.4) is 0 Å². The fraction of sp³-hybridized carbons (Fsp3) is 0.720. The molecular formula is C25H39FO. The van der Waals surface area contributed by atoms with Crippen molar-refractivity contribution in [1.82, 2.24) is 0 Å². The van der Waals surface area contributed by atoms with Crippen LogP contribution in [0.4, 0.5) is 4.39 Å². The molecule has 1 aliphatic rings. The third-order valence-corrected chi connectivity index (χ3v) is 5.80. The van der Waals surface area contributed by atoms with Crippen molar-refractivity contribution in [2.75, 3.05) is 0 Å². The fourth-order valence-corrected chi connectivity index (χ4v) is 3.82. The van der Waals surface area contributed by atoms with E-state index in [1.165, 1.54) is 89.0 Å². The average molecular weight is 375 g/mol. The van der Waals surface area contributed by atoms with Crippen molar-refractivity contribution in [2.24, 2.45) is 5.92 Å². The summed E-state index contributed by atoms with van der Waals surface area (Å²) in [5, 5.41) is 0. The van der Waals surface area contributed by atoms with E-state index in [2.05, 4.69) is 0 Å². The molecule has 0 saturated heterocycles. The predicted molar refractivity (Wildman–Crippen MR) is 112 cm³/mol. The molecule has 152 valence electrons. The third kappa shape index (κ3) is 12.0. The third-order valence-electron chi connectivity index (χ3n) is 5.80. The molecule has 1 aliphatic carbocycles. The van der Waals surface area contributed by atoms with Gasteiger partial charge >= 0.3 is 0 Å². The van der Waals surface area contributed by atoms with E-state index >= 15 is 0 Å². The smallest absolute Gasteiger partial charge is 0.133 e. The minimum atomic E-state index is -0.141. The van der Waals surface area contributed by atoms with Gasteiger partial charge in [-0.05, 0) is 55.7 Å². The predicted octanol–water partition coefficient (Wildman–Crippen LogP) is 7.81. The Bertz CT molecular complexity index is 504. The highest BCUT2D eigenvalue weighted by molar-refractivity contribution is 5.78. The summed E-state index contributed by atoms with van der Waals surface area (Å²) in [7, 11) is 0. The number of ketones is 1. The highest BCUT2D eigenvalue weighted by atomic mass is 19.1. The van der Waals surface area contributed by atoms with Gasteiger partial charge in [-0.1, -0.05) is 76.3 Å². The van der Waals surface area contributed by atoms with Crippen molar-refractivity contribution in [3.63, 3.8) is 0 Å². The first-order chi connectivity index (χ1) is 13.2. The van der Waals surface area contributed by atoms with Gasteiger partial charge in [0.2, 0.25) is 0 Å². The maximum atomic E-state index is 12.8. The van der Waals surface area contributed by atoms with Crippen molar-refractivity contribution < 1.29 is 9.18 Å². The van der Waals surface area contributed by atoms with Gasteiger partial charge < -0.3 is 0 Å². The first-order valence-corrected chi connectivity index (χ1v) is 11.5. The van der Waals surface area contributed by atoms with Crippen LogP contribution in [-0.2, 0) is 11.2 Å². The Hall–Kier alpha value is -1.18. The normalized spacial score (nSPS) is 13.8. The number of benzene rings is 1. The van der Waals surface area contributed by atoms with E-state index in [4.69, 9.17) is 0 Å². The van der Waals surface area contributed by atoms with Crippen LogP contribution in [0.1, 0.15) is 108 Å². The molecule has 0 radical (unpaired) electrons. The molecule has 1 aromatic carbocycles. The quantitative estimate of drug-likeness (QED) is 0.254. The summed E-state index contributed by atoms with van der Waals surface area (Å²) in [6.07, 6.45) is 21.0. The van der Waals surface area contributed by atoms with Crippen molar-refractivity contribution in [1.29, 1.82) is 0 Å². The Labute approximate surface area is 166 Å². The molecule has 0 atom stereocenters. The van der Waals surface area contributed by atoms with Crippen molar-refractivity contribution in [3.8, 4) is 0 Å². The lowest BCUT2D eigenvalue weighted by Crippen LogP contribution is -1.98. The molecule has 27 heavy (non-hydrogen) atoms. The van der Waals surface area contributed by atoms with E-state index < -0.39 is 0 Å². The average Bonchev–Trinajstić information content (AvgIpc) is 3.47. The van der Waals surface area contributed by atoms with Gasteiger partial charge in [-0.25, -0.2) is 4.39 Å². The number of hydrogen-bond donors (Lipinski definition) is 0. The summed E-state index contributed by atoms with van der Waals surface area (Å²) in [4.78, 5) is 11.7. The van der Waals surface area contributed by atoms with Crippen LogP contribution < -0.4 is 0 Å². The Kier molecular flexibility index (Phi) is 11.4. The van der Waals surface area contributed by atoms with Crippen LogP contribution in [0.2, 0.25) is 0 Å². The van der Waals surface area contributed by atoms with Crippen LogP contribution in [0.5, 0.6) is 0 Å². The van der Waals surface area contributed by atoms with Gasteiger partial charge in [-0.15, -0.1) is 0 Å². The van der Waals surface area contributed by atoms with Crippen molar-refractivity contribution in [2.45, 2.75) is 109 Å². The first-order valence-electron chi connectivity index (χ1n) is 11.5. The molecule has 0 unspecified atom stereocenters. The zero-order chi connectivity index (χ0) is 19.2. The molecule has 2 rings (SSSR count). The first kappa shape index (κ1) is 22.1. The van der Waals surface area contributed by atoms with Crippen LogP contribution in [-0.4, -0.2) is 5.78 Å². The van der Waals surface area contributed by atoms with Gasteiger partial charge in [0.1, 0.15) is 11.6 Å². The Balaban J connectivity index is 1.26. The summed E-state index contributed by atoms with van der Waals surface area (Å²) in [6.45, 7) is 0. The van der Waals surface area contributed by atoms with Gasteiger partial charge in [-0.3, -0.25) is 4.79 Å². The van der Waals surface area contributed by atoms with Crippen LogP contribution in [0, 0.1) is 11.7 Å². The molecule has 0 heterocycles. The standard InChI is InChI=1S/C25H39FO/c26-24-19-17-22(18-20-24)13-11-9-7-5-3-1-2-4-6-8-10-12-14-25(27)21-23-15-16-23/h17-20,23H,1-16,21H2. The lowest BCUT2D eigenvalue weighted by Gasteiger charge is -2.04. The Morgan fingerprint density at radius 3 is 1.74 bits per heavy atom. The van der Waals surface area contributed by atoms with E-state index in [-0.39, 0.29) is 5.82 Å². The van der Waals surface area contributed by atoms with E-state index in [1.54, 1.807) is 12.1 Å². The topological polar surface area (TPSA) is 17.1 Å². The summed E-state index contributed by atoms with van der Waals surface area (Å²) in [6, 6.07) is 6.93. The maximum absolute atomic E-state index is 12.8. The van der Waals surface area contributed by atoms with Crippen LogP contribution in [0.25, 0.3) is 0 Å². The summed E-state index contributed by atoms with van der Waals surface area (Å²) < 4.78 is 12.8. The molecule has 1 nitrogen and oxygen atoms in total. The molecule has 0 spiro atoms. The molecule has 0 bridgehead atoms. The molecule has 0 N–H and O–H groups in total. The van der Waals surface area contributed by atoms with Gasteiger partial charge in [0.05, 0.1) is 0 Å². The molecule has 0 aliphatic heterocycles. The molecule has 1 fully saturated rings. The number of carbonyl (C=O) groups excluding carboxylic acids is 1. The second-order valence-electron chi connectivity index (χ2n) is 8.56. The van der Waals surface area contributed by atoms with Crippen LogP contribution >= 0.6 is 0 Å². The second kappa shape index (κ2) is 13.9. The molecular weight excluding hydrogens is 335 g/mol. The number of aryl methyl sites for hydroxylation is 1. The zero-order valence-electron chi connectivity index (χ0n) is 17.2. The largest absolute Gasteiger partial charge is 0.300 e. The monoisotopic (exact) mass is 374 g/mol. The Morgan fingerprint density at radius 1 is 0.741 bits per heavy atom. The summed E-state index contributed by atoms with van der Waals surface area (Å²) in [5.41, 5.74) is 1.25. The van der Waals surface area contributed by atoms with Crippen molar-refractivity contribution in [3.05, 3.63) is 35.6 Å². The number of hydrogen-bond acceptors (Lipinski definition) is 1. The van der Waals surface area contributed by atoms with Crippen molar-refractivity contribution >= 4 is 5.78 Å². The number of unbranched alkanes of at least 4 members (excludes halogenated alkanes) is 11. The zero-order valence-corrected chi connectivity index (χ0v) is 17.2. The molecule has 2 heteroatoms. The fourth-order valence-electron chi connectivity index (χ4n) is 3.82. The number of carbonyl (C=O) groups is 1. The SMILES string of the molecule is O=C(CCCCCCCCCCCCCCc1ccc(F)cc1)CC1CC1. The number of Topliss-reactive ketones (excluding diaryl/α,β-unsaturated/α-hetero) is 1. The van der Waals surface area contributed by atoms with Gasteiger partial charge in [-0.2, -0.15) is 0 Å². The minimum absolute atomic E-state index is 0.141. The molecule has 0 aromatic heterocycles. The van der Waals surface area contributed by atoms with E-state index in [0.717, 1.165) is 31.6 Å². The highest BCUT2D eigenvalue weighted by Crippen LogP contribution is 2.33. The van der Waals surface area contributed by atoms with Gasteiger partial charge in [0, 0.05) is 12.8 Å². The Morgan fingerprint density at radius 2 is 1.22 bits per heavy atom. The maximum Gasteiger partial charge on any atom is 0.133 e. The van der Waals surface area contributed by atoms with Crippen LogP contribution in [0.15, 0.2) is 24.3 Å². The van der Waals surface area contributed by atoms with Gasteiger partial charge in [0.25, 0.3) is 0 Å². The molecule has 1 saturated carbocycles. The second-order valence-corrected chi connectivity index (χ2v) is 8.56. The summed E-state index contributed by atoms with van der Waals surface area (Å²) in [5.74, 6) is 1.13. The number of rotatable bonds is 17. The lowest BCUT2D eigenvalue weighted by molar-refractivity contribution is -0.119. The molecule has 1 aromatic rings. The van der Waals surface area contributed by atoms with E-state index in [9.17, 15) is 9.18 Å². The lowest BCUT2D eigenvalue weighted by atomic mass is 10.0. The number of halogens is 1. The highest BCUT2D eigenvalue weighted by Gasteiger charge is 2.23. The van der Waals surface area contributed by atoms with E-state index in [0.29, 0.717) is 5.78 Å². The molecule has 0 amide bonds.